The molecular weight excluding hydrogens is 229 g/mol. The molecule has 1 aromatic rings. The van der Waals surface area contributed by atoms with E-state index in [1.165, 1.54) is 12.0 Å². The lowest BCUT2D eigenvalue weighted by Gasteiger charge is -2.30. The Bertz CT molecular complexity index is 351. The minimum atomic E-state index is 0.612. The van der Waals surface area contributed by atoms with Crippen molar-refractivity contribution in [3.63, 3.8) is 0 Å². The van der Waals surface area contributed by atoms with E-state index in [1.807, 2.05) is 12.1 Å². The topological polar surface area (TPSA) is 12.0 Å². The third-order valence-electron chi connectivity index (χ3n) is 3.16. The lowest BCUT2D eigenvalue weighted by Crippen LogP contribution is -2.33. The number of piperidine rings is 1. The molecule has 1 nitrogen and oxygen atoms in total. The first kappa shape index (κ1) is 11.3. The van der Waals surface area contributed by atoms with E-state index in [1.54, 1.807) is 0 Å². The zero-order valence-corrected chi connectivity index (χ0v) is 10.3. The van der Waals surface area contributed by atoms with Crippen LogP contribution in [0.5, 0.6) is 0 Å². The summed E-state index contributed by atoms with van der Waals surface area (Å²) in [6, 6.07) is 6.01. The number of halogens is 2. The van der Waals surface area contributed by atoms with Gasteiger partial charge in [-0.15, -0.1) is 0 Å². The summed E-state index contributed by atoms with van der Waals surface area (Å²) in [6.45, 7) is 4.46. The Hall–Kier alpha value is -0.240. The number of hydrogen-bond acceptors (Lipinski definition) is 1. The highest BCUT2D eigenvalue weighted by atomic mass is 35.5. The van der Waals surface area contributed by atoms with Gasteiger partial charge in [-0.25, -0.2) is 0 Å². The second kappa shape index (κ2) is 4.73. The van der Waals surface area contributed by atoms with Crippen LogP contribution in [0.25, 0.3) is 0 Å². The van der Waals surface area contributed by atoms with Crippen molar-refractivity contribution >= 4 is 23.2 Å². The van der Waals surface area contributed by atoms with Gasteiger partial charge >= 0.3 is 0 Å². The first-order valence-electron chi connectivity index (χ1n) is 5.34. The molecule has 1 aromatic carbocycles. The molecule has 82 valence electrons. The number of hydrogen-bond donors (Lipinski definition) is 1. The van der Waals surface area contributed by atoms with Crippen LogP contribution in [0.4, 0.5) is 0 Å². The van der Waals surface area contributed by atoms with Crippen LogP contribution >= 0.6 is 23.2 Å². The van der Waals surface area contributed by atoms with E-state index in [0.717, 1.165) is 13.1 Å². The molecule has 3 heteroatoms. The minimum absolute atomic E-state index is 0.612. The predicted octanol–water partition coefficient (Wildman–Crippen LogP) is 3.71. The van der Waals surface area contributed by atoms with Gasteiger partial charge in [0, 0.05) is 0 Å². The molecule has 1 saturated heterocycles. The maximum Gasteiger partial charge on any atom is 0.0595 e. The Balaban J connectivity index is 2.24. The van der Waals surface area contributed by atoms with E-state index in [9.17, 15) is 0 Å². The zero-order valence-electron chi connectivity index (χ0n) is 8.76. The fraction of sp³-hybridized carbons (Fsp3) is 0.500. The summed E-state index contributed by atoms with van der Waals surface area (Å²) in [4.78, 5) is 0. The van der Waals surface area contributed by atoms with Gasteiger partial charge in [0.1, 0.15) is 0 Å². The number of rotatable bonds is 1. The Labute approximate surface area is 101 Å². The second-order valence-corrected chi connectivity index (χ2v) is 5.06. The SMILES string of the molecule is C[C@@H]1CNCC[C@@H]1c1ccc(Cl)c(Cl)c1. The van der Waals surface area contributed by atoms with E-state index < -0.39 is 0 Å². The van der Waals surface area contributed by atoms with Crippen molar-refractivity contribution in [2.75, 3.05) is 13.1 Å². The molecule has 0 bridgehead atoms. The molecule has 2 atom stereocenters. The average molecular weight is 244 g/mol. The molecule has 0 radical (unpaired) electrons. The molecule has 15 heavy (non-hydrogen) atoms. The van der Waals surface area contributed by atoms with E-state index in [2.05, 4.69) is 18.3 Å². The lowest BCUT2D eigenvalue weighted by atomic mass is 9.82. The van der Waals surface area contributed by atoms with Crippen molar-refractivity contribution in [2.45, 2.75) is 19.3 Å². The Morgan fingerprint density at radius 2 is 2.07 bits per heavy atom. The van der Waals surface area contributed by atoms with Crippen LogP contribution in [-0.2, 0) is 0 Å². The molecule has 0 unspecified atom stereocenters. The Kier molecular flexibility index (Phi) is 3.55. The average Bonchev–Trinajstić information content (AvgIpc) is 2.23. The number of nitrogens with one attached hydrogen (secondary N) is 1. The minimum Gasteiger partial charge on any atom is -0.316 e. The molecule has 0 aromatic heterocycles. The standard InChI is InChI=1S/C12H15Cl2N/c1-8-7-15-5-4-10(8)9-2-3-11(13)12(14)6-9/h2-3,6,8,10,15H,4-5,7H2,1H3/t8-,10+/m1/s1. The normalized spacial score (nSPS) is 26.6. The zero-order chi connectivity index (χ0) is 10.8. The third-order valence-corrected chi connectivity index (χ3v) is 3.90. The van der Waals surface area contributed by atoms with Crippen molar-refractivity contribution in [1.82, 2.24) is 5.32 Å². The fourth-order valence-corrected chi connectivity index (χ4v) is 2.56. The van der Waals surface area contributed by atoms with Crippen LogP contribution in [-0.4, -0.2) is 13.1 Å². The molecule has 1 fully saturated rings. The van der Waals surface area contributed by atoms with Gasteiger partial charge < -0.3 is 5.32 Å². The summed E-state index contributed by atoms with van der Waals surface area (Å²) in [5, 5.41) is 4.71. The monoisotopic (exact) mass is 243 g/mol. The van der Waals surface area contributed by atoms with Crippen molar-refractivity contribution in [3.05, 3.63) is 33.8 Å². The largest absolute Gasteiger partial charge is 0.316 e. The van der Waals surface area contributed by atoms with Crippen LogP contribution in [0, 0.1) is 5.92 Å². The van der Waals surface area contributed by atoms with Crippen LogP contribution in [0.2, 0.25) is 10.0 Å². The highest BCUT2D eigenvalue weighted by molar-refractivity contribution is 6.42. The highest BCUT2D eigenvalue weighted by Gasteiger charge is 2.22. The molecule has 0 saturated carbocycles. The van der Waals surface area contributed by atoms with Crippen LogP contribution < -0.4 is 5.32 Å². The van der Waals surface area contributed by atoms with E-state index in [4.69, 9.17) is 23.2 Å². The number of benzene rings is 1. The summed E-state index contributed by atoms with van der Waals surface area (Å²) in [7, 11) is 0. The summed E-state index contributed by atoms with van der Waals surface area (Å²) in [6.07, 6.45) is 1.18. The molecule has 1 N–H and O–H groups in total. The van der Waals surface area contributed by atoms with Gasteiger partial charge in [0.05, 0.1) is 10.0 Å². The lowest BCUT2D eigenvalue weighted by molar-refractivity contribution is 0.349. The fourth-order valence-electron chi connectivity index (χ4n) is 2.25. The van der Waals surface area contributed by atoms with Crippen molar-refractivity contribution in [3.8, 4) is 0 Å². The van der Waals surface area contributed by atoms with Gasteiger partial charge in [-0.1, -0.05) is 36.2 Å². The van der Waals surface area contributed by atoms with E-state index >= 15 is 0 Å². The molecule has 1 aliphatic heterocycles. The van der Waals surface area contributed by atoms with Gasteiger partial charge in [-0.05, 0) is 49.0 Å². The van der Waals surface area contributed by atoms with E-state index in [-0.39, 0.29) is 0 Å². The smallest absolute Gasteiger partial charge is 0.0595 e. The van der Waals surface area contributed by atoms with Crippen molar-refractivity contribution < 1.29 is 0 Å². The molecule has 2 rings (SSSR count). The third kappa shape index (κ3) is 2.47. The first-order chi connectivity index (χ1) is 7.18. The van der Waals surface area contributed by atoms with Crippen LogP contribution in [0.1, 0.15) is 24.8 Å². The maximum atomic E-state index is 6.03. The van der Waals surface area contributed by atoms with Crippen LogP contribution in [0.15, 0.2) is 18.2 Å². The van der Waals surface area contributed by atoms with Crippen LogP contribution in [0.3, 0.4) is 0 Å². The first-order valence-corrected chi connectivity index (χ1v) is 6.09. The summed E-state index contributed by atoms with van der Waals surface area (Å²) in [5.74, 6) is 1.28. The second-order valence-electron chi connectivity index (χ2n) is 4.25. The molecule has 0 spiro atoms. The quantitative estimate of drug-likeness (QED) is 0.794. The summed E-state index contributed by atoms with van der Waals surface area (Å²) >= 11 is 11.9. The molecule has 0 amide bonds. The van der Waals surface area contributed by atoms with Gasteiger partial charge in [-0.3, -0.25) is 0 Å². The Morgan fingerprint density at radius 1 is 1.27 bits per heavy atom. The molecular formula is C12H15Cl2N. The Morgan fingerprint density at radius 3 is 2.73 bits per heavy atom. The van der Waals surface area contributed by atoms with Gasteiger partial charge in [-0.2, -0.15) is 0 Å². The van der Waals surface area contributed by atoms with Gasteiger partial charge in [0.15, 0.2) is 0 Å². The van der Waals surface area contributed by atoms with Gasteiger partial charge in [0.25, 0.3) is 0 Å². The molecule has 0 aliphatic carbocycles. The molecule has 1 aliphatic rings. The van der Waals surface area contributed by atoms with E-state index in [0.29, 0.717) is 21.9 Å². The van der Waals surface area contributed by atoms with Gasteiger partial charge in [0.2, 0.25) is 0 Å². The summed E-state index contributed by atoms with van der Waals surface area (Å²) < 4.78 is 0. The van der Waals surface area contributed by atoms with Crippen molar-refractivity contribution in [2.24, 2.45) is 5.92 Å². The predicted molar refractivity (Wildman–Crippen MR) is 65.9 cm³/mol. The summed E-state index contributed by atoms with van der Waals surface area (Å²) in [5.41, 5.74) is 1.32. The highest BCUT2D eigenvalue weighted by Crippen LogP contribution is 2.33. The molecule has 1 heterocycles. The maximum absolute atomic E-state index is 6.03. The van der Waals surface area contributed by atoms with Crippen molar-refractivity contribution in [1.29, 1.82) is 0 Å².